The lowest BCUT2D eigenvalue weighted by Gasteiger charge is -2.37. The van der Waals surface area contributed by atoms with Crippen molar-refractivity contribution in [2.24, 2.45) is 5.92 Å². The molecule has 1 aromatic heterocycles. The van der Waals surface area contributed by atoms with Gasteiger partial charge in [0.2, 0.25) is 0 Å². The van der Waals surface area contributed by atoms with E-state index in [2.05, 4.69) is 66.9 Å². The predicted molar refractivity (Wildman–Crippen MR) is 141 cm³/mol. The predicted octanol–water partition coefficient (Wildman–Crippen LogP) is 6.46. The molecule has 1 saturated heterocycles. The highest BCUT2D eigenvalue weighted by Crippen LogP contribution is 2.29. The summed E-state index contributed by atoms with van der Waals surface area (Å²) in [6.07, 6.45) is 3.80. The molecule has 0 amide bonds. The number of likely N-dealkylation sites (tertiary alicyclic amines) is 1. The van der Waals surface area contributed by atoms with Gasteiger partial charge in [-0.2, -0.15) is 0 Å². The first-order valence-electron chi connectivity index (χ1n) is 12.9. The van der Waals surface area contributed by atoms with Crippen LogP contribution in [-0.4, -0.2) is 60.8 Å². The first-order valence-corrected chi connectivity index (χ1v) is 12.9. The largest absolute Gasteiger partial charge is 0.492 e. The Balaban J connectivity index is 0.000000170. The summed E-state index contributed by atoms with van der Waals surface area (Å²) in [5.41, 5.74) is 4.21. The first-order chi connectivity index (χ1) is 16.9. The van der Waals surface area contributed by atoms with Crippen LogP contribution in [-0.2, 0) is 13.0 Å². The van der Waals surface area contributed by atoms with Gasteiger partial charge in [-0.3, -0.25) is 14.2 Å². The number of ether oxygens (including phenoxy) is 1. The topological polar surface area (TPSA) is 31.5 Å². The van der Waals surface area contributed by atoms with Gasteiger partial charge in [0.05, 0.1) is 6.67 Å². The van der Waals surface area contributed by atoms with E-state index >= 15 is 0 Å². The maximum absolute atomic E-state index is 12.8. The van der Waals surface area contributed by atoms with Crippen LogP contribution in [0, 0.1) is 11.7 Å². The summed E-state index contributed by atoms with van der Waals surface area (Å²) >= 11 is 0. The number of aromatic nitrogens is 1. The van der Waals surface area contributed by atoms with Crippen LogP contribution in [0.4, 0.5) is 8.78 Å². The van der Waals surface area contributed by atoms with Gasteiger partial charge in [-0.05, 0) is 44.2 Å². The van der Waals surface area contributed by atoms with Crippen molar-refractivity contribution in [3.63, 3.8) is 0 Å². The van der Waals surface area contributed by atoms with Gasteiger partial charge in [0.15, 0.2) is 0 Å². The van der Waals surface area contributed by atoms with Gasteiger partial charge in [0.25, 0.3) is 0 Å². The van der Waals surface area contributed by atoms with E-state index in [0.717, 1.165) is 32.6 Å². The maximum Gasteiger partial charge on any atom is 0.126 e. The summed E-state index contributed by atoms with van der Waals surface area (Å²) in [4.78, 5) is 8.05. The minimum atomic E-state index is -0.293. The van der Waals surface area contributed by atoms with E-state index in [4.69, 9.17) is 4.74 Å². The number of nitrogens with one attached hydrogen (secondary N) is 1. The van der Waals surface area contributed by atoms with Crippen molar-refractivity contribution in [2.75, 3.05) is 40.0 Å². The van der Waals surface area contributed by atoms with Crippen molar-refractivity contribution in [2.45, 2.75) is 52.6 Å². The van der Waals surface area contributed by atoms with E-state index in [9.17, 15) is 8.78 Å². The Morgan fingerprint density at radius 3 is 2.49 bits per heavy atom. The third kappa shape index (κ3) is 7.77. The number of unbranched alkanes of at least 4 members (excludes halogenated alkanes) is 1. The zero-order valence-electron chi connectivity index (χ0n) is 21.7. The van der Waals surface area contributed by atoms with E-state index in [1.807, 2.05) is 0 Å². The number of benzene rings is 2. The van der Waals surface area contributed by atoms with Crippen molar-refractivity contribution in [3.05, 3.63) is 65.6 Å². The van der Waals surface area contributed by atoms with Crippen LogP contribution in [0.2, 0.25) is 0 Å². The number of H-pyrrole nitrogens is 1. The fourth-order valence-corrected chi connectivity index (χ4v) is 4.29. The monoisotopic (exact) mass is 485 g/mol. The molecule has 0 saturated carbocycles. The van der Waals surface area contributed by atoms with Gasteiger partial charge in [0, 0.05) is 60.8 Å². The third-order valence-electron chi connectivity index (χ3n) is 6.78. The summed E-state index contributed by atoms with van der Waals surface area (Å²) < 4.78 is 30.3. The number of fused-ring (bicyclic) bond motifs is 3. The number of hydrogen-bond donors (Lipinski definition) is 1. The Labute approximate surface area is 209 Å². The molecule has 1 fully saturated rings. The lowest BCUT2D eigenvalue weighted by molar-refractivity contribution is 0.0668. The number of aromatic amines is 1. The molecule has 0 unspecified atom stereocenters. The smallest absolute Gasteiger partial charge is 0.126 e. The van der Waals surface area contributed by atoms with Gasteiger partial charge in [-0.25, -0.2) is 4.39 Å². The van der Waals surface area contributed by atoms with E-state index < -0.39 is 0 Å². The molecule has 0 spiro atoms. The van der Waals surface area contributed by atoms with Crippen molar-refractivity contribution < 1.29 is 13.5 Å². The summed E-state index contributed by atoms with van der Waals surface area (Å²) in [5.74, 6) is 0.454. The fraction of sp³-hybridized carbons (Fsp3) is 0.517. The highest BCUT2D eigenvalue weighted by molar-refractivity contribution is 5.84. The average molecular weight is 486 g/mol. The summed E-state index contributed by atoms with van der Waals surface area (Å²) in [6, 6.07) is 15.3. The van der Waals surface area contributed by atoms with Crippen LogP contribution in [0.25, 0.3) is 10.9 Å². The van der Waals surface area contributed by atoms with Crippen LogP contribution in [0.5, 0.6) is 5.75 Å². The van der Waals surface area contributed by atoms with Gasteiger partial charge in [-0.15, -0.1) is 0 Å². The van der Waals surface area contributed by atoms with E-state index in [1.165, 1.54) is 47.1 Å². The normalized spacial score (nSPS) is 18.1. The molecular weight excluding hydrogens is 444 g/mol. The molecule has 2 aliphatic rings. The van der Waals surface area contributed by atoms with Crippen molar-refractivity contribution in [3.8, 4) is 5.75 Å². The molecule has 2 aliphatic heterocycles. The molecule has 192 valence electrons. The zero-order chi connectivity index (χ0) is 25.2. The van der Waals surface area contributed by atoms with Crippen molar-refractivity contribution >= 4 is 10.9 Å². The van der Waals surface area contributed by atoms with Gasteiger partial charge >= 0.3 is 0 Å². The van der Waals surface area contributed by atoms with Gasteiger partial charge in [-0.1, -0.05) is 51.0 Å². The molecule has 5 rings (SSSR count). The van der Waals surface area contributed by atoms with Gasteiger partial charge < -0.3 is 9.72 Å². The zero-order valence-corrected chi connectivity index (χ0v) is 21.7. The quantitative estimate of drug-likeness (QED) is 0.435. The average Bonchev–Trinajstić information content (AvgIpc) is 3.18. The van der Waals surface area contributed by atoms with Crippen molar-refractivity contribution in [1.82, 2.24) is 14.8 Å². The van der Waals surface area contributed by atoms with Crippen LogP contribution in [0.1, 0.15) is 44.9 Å². The Bertz CT molecular complexity index is 1030. The van der Waals surface area contributed by atoms with E-state index in [-0.39, 0.29) is 18.4 Å². The molecule has 4 nitrogen and oxygen atoms in total. The molecule has 1 atom stereocenters. The highest BCUT2D eigenvalue weighted by Gasteiger charge is 2.26. The second-order valence-corrected chi connectivity index (χ2v) is 9.68. The summed E-state index contributed by atoms with van der Waals surface area (Å²) in [5, 5.41) is 1.41. The standard InChI is InChI=1S/C13H16N2.C12H15F2NO.C4H10/c1-9-7-11-10-5-3-4-6-12(10)14-13(11)8-15(9)2;13-7-10-8-15(9-10)4-5-16-12-3-1-2-11(14)6-12;1-3-4-2/h3-6,9,14H,7-8H2,1-2H3;1-3,6,10H,4-5,7-9H2;3-4H2,1-2H3/t9-;;/m1../s1. The molecule has 2 aromatic carbocycles. The number of para-hydroxylation sites is 1. The Morgan fingerprint density at radius 2 is 1.80 bits per heavy atom. The number of rotatable bonds is 6. The van der Waals surface area contributed by atoms with E-state index in [0.29, 0.717) is 18.4 Å². The number of alkyl halides is 1. The molecule has 35 heavy (non-hydrogen) atoms. The fourth-order valence-electron chi connectivity index (χ4n) is 4.29. The first kappa shape index (κ1) is 27.2. The SMILES string of the molecule is CCCC.C[C@@H]1Cc2c([nH]c3ccccc23)CN1C.FCC1CN(CCOc2cccc(F)c2)C1. The lowest BCUT2D eigenvalue weighted by atomic mass is 9.98. The van der Waals surface area contributed by atoms with Crippen LogP contribution in [0.3, 0.4) is 0 Å². The molecule has 1 N–H and O–H groups in total. The molecule has 0 aliphatic carbocycles. The van der Waals surface area contributed by atoms with E-state index in [1.54, 1.807) is 12.1 Å². The minimum absolute atomic E-state index is 0.203. The van der Waals surface area contributed by atoms with Crippen LogP contribution in [0.15, 0.2) is 48.5 Å². The second kappa shape index (κ2) is 13.6. The number of hydrogen-bond acceptors (Lipinski definition) is 3. The molecule has 6 heteroatoms. The number of nitrogens with zero attached hydrogens (tertiary/aromatic N) is 2. The summed E-state index contributed by atoms with van der Waals surface area (Å²) in [7, 11) is 2.19. The molecule has 3 heterocycles. The summed E-state index contributed by atoms with van der Waals surface area (Å²) in [6.45, 7) is 10.4. The lowest BCUT2D eigenvalue weighted by Crippen LogP contribution is -2.49. The van der Waals surface area contributed by atoms with Crippen molar-refractivity contribution in [1.29, 1.82) is 0 Å². The number of likely N-dealkylation sites (N-methyl/N-ethyl adjacent to an activating group) is 1. The highest BCUT2D eigenvalue weighted by atomic mass is 19.1. The Kier molecular flexibility index (Phi) is 10.5. The minimum Gasteiger partial charge on any atom is -0.492 e. The number of halogens is 2. The van der Waals surface area contributed by atoms with Crippen LogP contribution >= 0.6 is 0 Å². The molecule has 0 bridgehead atoms. The Hall–Kier alpha value is -2.44. The molecular formula is C29H41F2N3O. The van der Waals surface area contributed by atoms with Gasteiger partial charge in [0.1, 0.15) is 18.2 Å². The van der Waals surface area contributed by atoms with Crippen LogP contribution < -0.4 is 4.74 Å². The third-order valence-corrected chi connectivity index (χ3v) is 6.78. The molecule has 3 aromatic rings. The molecule has 0 radical (unpaired) electrons. The Morgan fingerprint density at radius 1 is 1.06 bits per heavy atom. The second-order valence-electron chi connectivity index (χ2n) is 9.68. The maximum atomic E-state index is 12.8.